The fraction of sp³-hybridized carbons (Fsp3) is 1.00. The van der Waals surface area contributed by atoms with Crippen LogP contribution in [0, 0.1) is 0 Å². The van der Waals surface area contributed by atoms with Crippen LogP contribution in [0.2, 0.25) is 65.5 Å². The van der Waals surface area contributed by atoms with E-state index in [2.05, 4.69) is 76.1 Å². The van der Waals surface area contributed by atoms with Crippen molar-refractivity contribution in [3.8, 4) is 0 Å². The molecule has 0 aromatic heterocycles. The van der Waals surface area contributed by atoms with E-state index in [0.717, 1.165) is 0 Å². The van der Waals surface area contributed by atoms with Gasteiger partial charge in [-0.1, -0.05) is 65.5 Å². The van der Waals surface area contributed by atoms with Gasteiger partial charge in [-0.2, -0.15) is 0 Å². The van der Waals surface area contributed by atoms with Crippen molar-refractivity contribution in [2.45, 2.75) is 65.5 Å². The second kappa shape index (κ2) is 3.72. The van der Waals surface area contributed by atoms with Gasteiger partial charge < -0.3 is 0 Å². The Hall–Kier alpha value is 1.43. The van der Waals surface area contributed by atoms with Gasteiger partial charge in [-0.25, -0.2) is 10.7 Å². The largest absolute Gasteiger partial charge is 0.213 e. The lowest BCUT2D eigenvalue weighted by Gasteiger charge is -2.65. The van der Waals surface area contributed by atoms with E-state index in [4.69, 9.17) is 0 Å². The van der Waals surface area contributed by atoms with E-state index in [-0.39, 0.29) is 0 Å². The lowest BCUT2D eigenvalue weighted by Crippen LogP contribution is -2.88. The van der Waals surface area contributed by atoms with Gasteiger partial charge in [0.15, 0.2) is 0 Å². The van der Waals surface area contributed by atoms with Crippen molar-refractivity contribution in [3.63, 3.8) is 0 Å². The standard InChI is InChI=1S/C10H30SSi5/c1-12(2)11-13(3,4)15(7,8)16(9,10)14(12,5)6/h1-10H3. The molecule has 1 aliphatic rings. The van der Waals surface area contributed by atoms with Crippen molar-refractivity contribution in [1.29, 1.82) is 0 Å². The third-order valence-corrected chi connectivity index (χ3v) is 125. The van der Waals surface area contributed by atoms with Gasteiger partial charge in [0.25, 0.3) is 0 Å². The average molecular weight is 323 g/mol. The van der Waals surface area contributed by atoms with E-state index in [9.17, 15) is 0 Å². The summed E-state index contributed by atoms with van der Waals surface area (Å²) < 4.78 is 0. The van der Waals surface area contributed by atoms with Gasteiger partial charge in [-0.15, -0.1) is 0 Å². The first-order chi connectivity index (χ1) is 6.71. The molecular weight excluding hydrogens is 293 g/mol. The molecule has 0 bridgehead atoms. The van der Waals surface area contributed by atoms with Crippen LogP contribution in [-0.2, 0) is 0 Å². The Balaban J connectivity index is 3.43. The fourth-order valence-corrected chi connectivity index (χ4v) is 180. The molecule has 0 N–H and O–H groups in total. The lowest BCUT2D eigenvalue weighted by atomic mass is 11.9. The van der Waals surface area contributed by atoms with Gasteiger partial charge in [0.2, 0.25) is 0 Å². The molecule has 1 fully saturated rings. The molecule has 0 saturated carbocycles. The molecule has 1 saturated heterocycles. The van der Waals surface area contributed by atoms with Crippen LogP contribution >= 0.6 is 10.7 Å². The van der Waals surface area contributed by atoms with Crippen LogP contribution < -0.4 is 0 Å². The van der Waals surface area contributed by atoms with Crippen molar-refractivity contribution in [2.75, 3.05) is 0 Å². The van der Waals surface area contributed by atoms with Crippen LogP contribution in [0.4, 0.5) is 0 Å². The minimum Gasteiger partial charge on any atom is -0.213 e. The van der Waals surface area contributed by atoms with E-state index in [0.29, 0.717) is 0 Å². The Labute approximate surface area is 110 Å². The summed E-state index contributed by atoms with van der Waals surface area (Å²) >= 11 is 0. The molecular formula is C10H30SSi5. The summed E-state index contributed by atoms with van der Waals surface area (Å²) in [5.41, 5.74) is 0. The maximum atomic E-state index is 2.79. The predicted octanol–water partition coefficient (Wildman–Crippen LogP) is 4.58. The van der Waals surface area contributed by atoms with Gasteiger partial charge in [0.1, 0.15) is 0 Å². The highest BCUT2D eigenvalue weighted by Gasteiger charge is 2.69. The number of hydrogen-bond acceptors (Lipinski definition) is 1. The van der Waals surface area contributed by atoms with Crippen LogP contribution in [0.3, 0.4) is 0 Å². The number of hydrogen-bond donors (Lipinski definition) is 0. The van der Waals surface area contributed by atoms with E-state index < -0.39 is 34.8 Å². The maximum Gasteiger partial charge on any atom is 0.0924 e. The molecule has 0 radical (unpaired) electrons. The topological polar surface area (TPSA) is 0 Å². The van der Waals surface area contributed by atoms with E-state index in [1.807, 2.05) is 0 Å². The first kappa shape index (κ1) is 15.5. The molecule has 96 valence electrons. The van der Waals surface area contributed by atoms with Crippen molar-refractivity contribution in [1.82, 2.24) is 0 Å². The van der Waals surface area contributed by atoms with Crippen LogP contribution in [0.5, 0.6) is 0 Å². The minimum atomic E-state index is -0.964. The van der Waals surface area contributed by atoms with Crippen molar-refractivity contribution >= 4 is 45.5 Å². The van der Waals surface area contributed by atoms with Gasteiger partial charge in [-0.05, 0) is 0 Å². The van der Waals surface area contributed by atoms with Gasteiger partial charge >= 0.3 is 0 Å². The van der Waals surface area contributed by atoms with Gasteiger partial charge in [0, 0.05) is 21.3 Å². The third kappa shape index (κ3) is 1.70. The van der Waals surface area contributed by atoms with Crippen LogP contribution in [0.25, 0.3) is 0 Å². The molecule has 1 rings (SSSR count). The SMILES string of the molecule is C[Si]1(C)S[Si](C)(C)[Si](C)(C)[Si](C)(C)[Si]1(C)C. The van der Waals surface area contributed by atoms with Crippen LogP contribution in [-0.4, -0.2) is 34.8 Å². The highest BCUT2D eigenvalue weighted by Crippen LogP contribution is 2.53. The Morgan fingerprint density at radius 1 is 0.438 bits per heavy atom. The van der Waals surface area contributed by atoms with Gasteiger partial charge in [-0.3, -0.25) is 0 Å². The zero-order valence-electron chi connectivity index (χ0n) is 12.9. The van der Waals surface area contributed by atoms with E-state index in [1.165, 1.54) is 0 Å². The molecule has 0 aliphatic carbocycles. The second-order valence-electron chi connectivity index (χ2n) is 8.00. The second-order valence-corrected chi connectivity index (χ2v) is 69.2. The summed E-state index contributed by atoms with van der Waals surface area (Å²) in [4.78, 5) is 0. The van der Waals surface area contributed by atoms with Crippen molar-refractivity contribution in [2.24, 2.45) is 0 Å². The monoisotopic (exact) mass is 322 g/mol. The Kier molecular flexibility index (Phi) is 3.60. The number of rotatable bonds is 0. The molecule has 0 unspecified atom stereocenters. The normalized spacial score (nSPS) is 33.4. The summed E-state index contributed by atoms with van der Waals surface area (Å²) in [6.45, 7) is 25.5. The fourth-order valence-electron chi connectivity index (χ4n) is 3.18. The van der Waals surface area contributed by atoms with Crippen LogP contribution in [0.15, 0.2) is 0 Å². The summed E-state index contributed by atoms with van der Waals surface area (Å²) in [5.74, 6) is 0. The molecule has 0 spiro atoms. The summed E-state index contributed by atoms with van der Waals surface area (Å²) in [5, 5.41) is 0. The molecule has 16 heavy (non-hydrogen) atoms. The molecule has 0 atom stereocenters. The predicted molar refractivity (Wildman–Crippen MR) is 95.0 cm³/mol. The smallest absolute Gasteiger partial charge is 0.0924 e. The van der Waals surface area contributed by atoms with Gasteiger partial charge in [0.05, 0.1) is 13.5 Å². The highest BCUT2D eigenvalue weighted by atomic mass is 32.6. The Morgan fingerprint density at radius 3 is 0.938 bits per heavy atom. The zero-order chi connectivity index (χ0) is 13.2. The first-order valence-corrected chi connectivity index (χ1v) is 27.7. The Bertz CT molecular complexity index is 278. The zero-order valence-corrected chi connectivity index (χ0v) is 18.7. The molecule has 1 aliphatic heterocycles. The maximum absolute atomic E-state index is 2.79. The van der Waals surface area contributed by atoms with E-state index in [1.54, 1.807) is 0 Å². The van der Waals surface area contributed by atoms with Crippen molar-refractivity contribution < 1.29 is 0 Å². The average Bonchev–Trinajstić information content (AvgIpc) is 1.98. The molecule has 0 nitrogen and oxygen atoms in total. The summed E-state index contributed by atoms with van der Waals surface area (Å²) in [6, 6.07) is 0. The Morgan fingerprint density at radius 2 is 0.688 bits per heavy atom. The third-order valence-electron chi connectivity index (χ3n) is 6.65. The molecule has 0 aromatic rings. The molecule has 0 amide bonds. The summed E-state index contributed by atoms with van der Waals surface area (Å²) in [7, 11) is -0.204. The molecule has 6 heteroatoms. The van der Waals surface area contributed by atoms with Crippen LogP contribution in [0.1, 0.15) is 0 Å². The van der Waals surface area contributed by atoms with E-state index >= 15 is 0 Å². The summed E-state index contributed by atoms with van der Waals surface area (Å²) in [6.07, 6.45) is 0. The molecule has 1 heterocycles. The van der Waals surface area contributed by atoms with Crippen molar-refractivity contribution in [3.05, 3.63) is 0 Å². The quantitative estimate of drug-likeness (QED) is 0.588. The highest BCUT2D eigenvalue weighted by molar-refractivity contribution is 8.62. The first-order valence-electron chi connectivity index (χ1n) is 6.41. The molecule has 0 aromatic carbocycles. The minimum absolute atomic E-state index is 0.933. The lowest BCUT2D eigenvalue weighted by molar-refractivity contribution is 1.78.